The van der Waals surface area contributed by atoms with E-state index in [-0.39, 0.29) is 0 Å². The molecule has 0 fully saturated rings. The van der Waals surface area contributed by atoms with Crippen molar-refractivity contribution in [3.63, 3.8) is 0 Å². The van der Waals surface area contributed by atoms with Gasteiger partial charge in [-0.15, -0.1) is 0 Å². The summed E-state index contributed by atoms with van der Waals surface area (Å²) in [5, 5.41) is 0.726. The van der Waals surface area contributed by atoms with Crippen LogP contribution in [0.2, 0.25) is 0 Å². The molecule has 1 unspecified atom stereocenters. The summed E-state index contributed by atoms with van der Waals surface area (Å²) in [7, 11) is -0.543. The van der Waals surface area contributed by atoms with E-state index in [1.54, 1.807) is 6.20 Å². The highest BCUT2D eigenvalue weighted by molar-refractivity contribution is 8.05. The van der Waals surface area contributed by atoms with Gasteiger partial charge in [-0.05, 0) is 34.8 Å². The van der Waals surface area contributed by atoms with Crippen LogP contribution in [0.25, 0.3) is 0 Å². The standard InChI is InChI=1S/C8H10N4S2/c1-2-14(9)8-11-7-6(13-12-8)4-3-5-10-7/h3-5,9H,2H2,1H3,(H,10,11,12). The SMILES string of the molecule is CCS(=N)C1=Nc2ncccc2SN1. The molecule has 1 aliphatic heterocycles. The first kappa shape index (κ1) is 9.67. The van der Waals surface area contributed by atoms with Gasteiger partial charge >= 0.3 is 0 Å². The lowest BCUT2D eigenvalue weighted by Crippen LogP contribution is -2.23. The molecule has 2 rings (SSSR count). The quantitative estimate of drug-likeness (QED) is 0.721. The van der Waals surface area contributed by atoms with Gasteiger partial charge in [0.05, 0.1) is 4.90 Å². The van der Waals surface area contributed by atoms with Crippen LogP contribution < -0.4 is 4.72 Å². The number of nitrogens with zero attached hydrogens (tertiary/aromatic N) is 2. The number of amidine groups is 1. The fraction of sp³-hybridized carbons (Fsp3) is 0.250. The Kier molecular flexibility index (Phi) is 2.83. The van der Waals surface area contributed by atoms with E-state index in [2.05, 4.69) is 14.7 Å². The van der Waals surface area contributed by atoms with Crippen molar-refractivity contribution in [2.24, 2.45) is 4.99 Å². The van der Waals surface area contributed by atoms with Crippen LogP contribution >= 0.6 is 11.9 Å². The summed E-state index contributed by atoms with van der Waals surface area (Å²) in [5.41, 5.74) is 0. The molecule has 0 aliphatic carbocycles. The molecule has 1 aliphatic rings. The molecule has 6 heteroatoms. The minimum Gasteiger partial charge on any atom is -0.304 e. The molecular formula is C8H10N4S2. The van der Waals surface area contributed by atoms with E-state index in [1.807, 2.05) is 19.1 Å². The predicted octanol–water partition coefficient (Wildman–Crippen LogP) is 2.08. The molecule has 0 saturated heterocycles. The molecule has 1 atom stereocenters. The Labute approximate surface area is 89.3 Å². The van der Waals surface area contributed by atoms with Crippen LogP contribution in [0.3, 0.4) is 0 Å². The zero-order valence-corrected chi connectivity index (χ0v) is 9.28. The van der Waals surface area contributed by atoms with Crippen molar-refractivity contribution in [1.82, 2.24) is 9.71 Å². The van der Waals surface area contributed by atoms with Crippen molar-refractivity contribution >= 4 is 33.6 Å². The molecule has 74 valence electrons. The molecule has 0 amide bonds. The van der Waals surface area contributed by atoms with E-state index in [4.69, 9.17) is 4.78 Å². The highest BCUT2D eigenvalue weighted by Crippen LogP contribution is 2.28. The van der Waals surface area contributed by atoms with Gasteiger partial charge in [-0.2, -0.15) is 0 Å². The number of hydrogen-bond donors (Lipinski definition) is 2. The molecule has 0 saturated carbocycles. The first-order chi connectivity index (χ1) is 6.81. The van der Waals surface area contributed by atoms with Gasteiger partial charge in [0.1, 0.15) is 0 Å². The van der Waals surface area contributed by atoms with Crippen LogP contribution in [-0.2, 0) is 10.7 Å². The highest BCUT2D eigenvalue weighted by atomic mass is 32.2. The van der Waals surface area contributed by atoms with Gasteiger partial charge in [-0.1, -0.05) is 6.92 Å². The van der Waals surface area contributed by atoms with Crippen LogP contribution in [0.15, 0.2) is 28.2 Å². The van der Waals surface area contributed by atoms with Crippen molar-refractivity contribution < 1.29 is 0 Å². The maximum Gasteiger partial charge on any atom is 0.184 e. The van der Waals surface area contributed by atoms with Gasteiger partial charge in [0.15, 0.2) is 11.0 Å². The van der Waals surface area contributed by atoms with Crippen molar-refractivity contribution in [3.8, 4) is 0 Å². The summed E-state index contributed by atoms with van der Waals surface area (Å²) >= 11 is 1.48. The van der Waals surface area contributed by atoms with Crippen LogP contribution in [-0.4, -0.2) is 15.9 Å². The van der Waals surface area contributed by atoms with E-state index in [1.165, 1.54) is 11.9 Å². The minimum atomic E-state index is -0.543. The zero-order chi connectivity index (χ0) is 9.97. The molecule has 14 heavy (non-hydrogen) atoms. The maximum atomic E-state index is 7.75. The van der Waals surface area contributed by atoms with Gasteiger partial charge in [0, 0.05) is 11.9 Å². The lowest BCUT2D eigenvalue weighted by atomic mass is 10.5. The molecule has 2 N–H and O–H groups in total. The van der Waals surface area contributed by atoms with Crippen LogP contribution in [0.1, 0.15) is 6.92 Å². The second-order valence-corrected chi connectivity index (χ2v) is 5.22. The Hall–Kier alpha value is -0.880. The Morgan fingerprint density at radius 2 is 2.50 bits per heavy atom. The summed E-state index contributed by atoms with van der Waals surface area (Å²) in [4.78, 5) is 9.49. The summed E-state index contributed by atoms with van der Waals surface area (Å²) < 4.78 is 10.8. The third-order valence-electron chi connectivity index (χ3n) is 1.73. The van der Waals surface area contributed by atoms with Crippen LogP contribution in [0.5, 0.6) is 0 Å². The average Bonchev–Trinajstić information content (AvgIpc) is 2.27. The van der Waals surface area contributed by atoms with Gasteiger partial charge in [0.25, 0.3) is 0 Å². The largest absolute Gasteiger partial charge is 0.304 e. The van der Waals surface area contributed by atoms with Gasteiger partial charge in [0.2, 0.25) is 0 Å². The van der Waals surface area contributed by atoms with Gasteiger partial charge < -0.3 is 4.72 Å². The smallest absolute Gasteiger partial charge is 0.184 e. The number of aromatic nitrogens is 1. The molecule has 0 bridgehead atoms. The van der Waals surface area contributed by atoms with Crippen LogP contribution in [0.4, 0.5) is 5.82 Å². The van der Waals surface area contributed by atoms with Gasteiger partial charge in [-0.3, -0.25) is 4.78 Å². The zero-order valence-electron chi connectivity index (χ0n) is 7.65. The molecule has 2 heterocycles. The lowest BCUT2D eigenvalue weighted by molar-refractivity contribution is 1.17. The van der Waals surface area contributed by atoms with Crippen molar-refractivity contribution in [1.29, 1.82) is 4.78 Å². The van der Waals surface area contributed by atoms with Gasteiger partial charge in [-0.25, -0.2) is 9.98 Å². The van der Waals surface area contributed by atoms with Crippen molar-refractivity contribution in [3.05, 3.63) is 18.3 Å². The first-order valence-corrected chi connectivity index (χ1v) is 6.41. The monoisotopic (exact) mass is 226 g/mol. The molecular weight excluding hydrogens is 216 g/mol. The van der Waals surface area contributed by atoms with E-state index in [0.29, 0.717) is 0 Å². The molecule has 1 aromatic rings. The molecule has 1 aromatic heterocycles. The normalized spacial score (nSPS) is 16.5. The first-order valence-electron chi connectivity index (χ1n) is 4.20. The number of nitrogens with one attached hydrogen (secondary N) is 2. The maximum absolute atomic E-state index is 7.75. The molecule has 0 radical (unpaired) electrons. The average molecular weight is 226 g/mol. The van der Waals surface area contributed by atoms with E-state index in [0.717, 1.165) is 21.6 Å². The lowest BCUT2D eigenvalue weighted by Gasteiger charge is -2.15. The molecule has 0 spiro atoms. The summed E-state index contributed by atoms with van der Waals surface area (Å²) in [6.45, 7) is 1.99. The van der Waals surface area contributed by atoms with E-state index < -0.39 is 10.7 Å². The number of rotatable bonds is 1. The Morgan fingerprint density at radius 1 is 1.64 bits per heavy atom. The van der Waals surface area contributed by atoms with E-state index >= 15 is 0 Å². The number of hydrogen-bond acceptors (Lipinski definition) is 5. The van der Waals surface area contributed by atoms with Crippen molar-refractivity contribution in [2.45, 2.75) is 11.8 Å². The van der Waals surface area contributed by atoms with Crippen LogP contribution in [0, 0.1) is 4.78 Å². The Morgan fingerprint density at radius 3 is 3.29 bits per heavy atom. The number of aliphatic imine (C=N–C) groups is 1. The number of pyridine rings is 1. The topological polar surface area (TPSA) is 61.1 Å². The fourth-order valence-electron chi connectivity index (χ4n) is 1.01. The third-order valence-corrected chi connectivity index (χ3v) is 3.93. The Bertz CT molecular complexity index is 402. The second kappa shape index (κ2) is 4.10. The Balaban J connectivity index is 2.36. The highest BCUT2D eigenvalue weighted by Gasteiger charge is 2.14. The minimum absolute atomic E-state index is 0.543. The van der Waals surface area contributed by atoms with Crippen molar-refractivity contribution in [2.75, 3.05) is 5.75 Å². The molecule has 4 nitrogen and oxygen atoms in total. The number of fused-ring (bicyclic) bond motifs is 1. The third kappa shape index (κ3) is 1.80. The van der Waals surface area contributed by atoms with E-state index in [9.17, 15) is 0 Å². The summed E-state index contributed by atoms with van der Waals surface area (Å²) in [5.74, 6) is 1.51. The summed E-state index contributed by atoms with van der Waals surface area (Å²) in [6.07, 6.45) is 1.72. The molecule has 0 aromatic carbocycles. The summed E-state index contributed by atoms with van der Waals surface area (Å²) in [6, 6.07) is 3.85. The second-order valence-electron chi connectivity index (χ2n) is 2.63. The fourth-order valence-corrected chi connectivity index (χ4v) is 2.58. The predicted molar refractivity (Wildman–Crippen MR) is 61.0 cm³/mol.